The maximum atomic E-state index is 12.4. The third kappa shape index (κ3) is 4.21. The fraction of sp³-hybridized carbons (Fsp3) is 0.238. The average molecular weight is 414 g/mol. The van der Waals surface area contributed by atoms with E-state index in [9.17, 15) is 4.79 Å². The summed E-state index contributed by atoms with van der Waals surface area (Å²) < 4.78 is 17.6. The zero-order valence-electron chi connectivity index (χ0n) is 15.9. The smallest absolute Gasteiger partial charge is 0.341 e. The Hall–Kier alpha value is -3.03. The van der Waals surface area contributed by atoms with Crippen LogP contribution in [0.4, 0.5) is 0 Å². The van der Waals surface area contributed by atoms with Crippen molar-refractivity contribution in [1.29, 1.82) is 0 Å². The van der Waals surface area contributed by atoms with Crippen molar-refractivity contribution in [2.24, 2.45) is 0 Å². The summed E-state index contributed by atoms with van der Waals surface area (Å²) in [6.45, 7) is 3.31. The highest BCUT2D eigenvalue weighted by atomic mass is 35.5. The average Bonchev–Trinajstić information content (AvgIpc) is 3.35. The molecular weight excluding hydrogens is 394 g/mol. The molecule has 0 unspecified atom stereocenters. The number of ether oxygens (including phenoxy) is 3. The molecule has 0 saturated heterocycles. The Balaban J connectivity index is 1.55. The van der Waals surface area contributed by atoms with E-state index in [4.69, 9.17) is 25.8 Å². The predicted molar refractivity (Wildman–Crippen MR) is 108 cm³/mol. The predicted octanol–water partition coefficient (Wildman–Crippen LogP) is 3.72. The molecule has 2 aromatic carbocycles. The fourth-order valence-corrected chi connectivity index (χ4v) is 3.31. The van der Waals surface area contributed by atoms with E-state index < -0.39 is 5.97 Å². The van der Waals surface area contributed by atoms with Crippen LogP contribution in [0.5, 0.6) is 11.5 Å². The van der Waals surface area contributed by atoms with Gasteiger partial charge in [0.1, 0.15) is 5.56 Å². The van der Waals surface area contributed by atoms with Crippen LogP contribution < -0.4 is 14.8 Å². The molecule has 2 heterocycles. The molecule has 150 valence electrons. The van der Waals surface area contributed by atoms with Crippen LogP contribution in [0.25, 0.3) is 5.69 Å². The van der Waals surface area contributed by atoms with E-state index in [0.717, 1.165) is 22.7 Å². The highest BCUT2D eigenvalue weighted by molar-refractivity contribution is 6.30. The highest BCUT2D eigenvalue weighted by Crippen LogP contribution is 2.32. The maximum absolute atomic E-state index is 12.4. The van der Waals surface area contributed by atoms with Crippen molar-refractivity contribution in [2.75, 3.05) is 13.4 Å². The summed E-state index contributed by atoms with van der Waals surface area (Å²) in [5, 5.41) is 8.34. The topological polar surface area (TPSA) is 74.6 Å². The van der Waals surface area contributed by atoms with Gasteiger partial charge in [-0.25, -0.2) is 9.48 Å². The number of fused-ring (bicyclic) bond motifs is 1. The van der Waals surface area contributed by atoms with Crippen LogP contribution in [0.2, 0.25) is 5.02 Å². The Morgan fingerprint density at radius 2 is 2.07 bits per heavy atom. The van der Waals surface area contributed by atoms with Gasteiger partial charge in [0, 0.05) is 18.1 Å². The summed E-state index contributed by atoms with van der Waals surface area (Å²) in [6, 6.07) is 13.1. The minimum absolute atomic E-state index is 0.244. The second kappa shape index (κ2) is 8.55. The Morgan fingerprint density at radius 1 is 1.21 bits per heavy atom. The molecule has 29 heavy (non-hydrogen) atoms. The minimum Gasteiger partial charge on any atom is -0.462 e. The molecule has 0 atom stereocenters. The number of hydrogen-bond acceptors (Lipinski definition) is 6. The van der Waals surface area contributed by atoms with Gasteiger partial charge in [0.25, 0.3) is 0 Å². The largest absolute Gasteiger partial charge is 0.462 e. The summed E-state index contributed by atoms with van der Waals surface area (Å²) in [7, 11) is 0. The van der Waals surface area contributed by atoms with Gasteiger partial charge in [-0.05, 0) is 42.8 Å². The summed E-state index contributed by atoms with van der Waals surface area (Å²) in [4.78, 5) is 12.4. The third-order valence-corrected chi connectivity index (χ3v) is 4.71. The first kappa shape index (κ1) is 19.3. The third-order valence-electron chi connectivity index (χ3n) is 4.48. The van der Waals surface area contributed by atoms with E-state index in [0.29, 0.717) is 36.0 Å². The van der Waals surface area contributed by atoms with Gasteiger partial charge in [0.05, 0.1) is 24.2 Å². The van der Waals surface area contributed by atoms with Gasteiger partial charge in [-0.2, -0.15) is 5.10 Å². The van der Waals surface area contributed by atoms with E-state index in [-0.39, 0.29) is 6.79 Å². The van der Waals surface area contributed by atoms with Crippen LogP contribution in [0.1, 0.15) is 28.5 Å². The van der Waals surface area contributed by atoms with E-state index in [2.05, 4.69) is 10.4 Å². The standard InChI is InChI=1S/C21H20ClN3O4/c1-2-27-21(26)17-11-24-25(16-5-3-4-15(22)9-16)18(17)12-23-10-14-6-7-19-20(8-14)29-13-28-19/h3-9,11,23H,2,10,12-13H2,1H3. The highest BCUT2D eigenvalue weighted by Gasteiger charge is 2.20. The van der Waals surface area contributed by atoms with Crippen LogP contribution in [0, 0.1) is 0 Å². The summed E-state index contributed by atoms with van der Waals surface area (Å²) in [5.74, 6) is 1.08. The lowest BCUT2D eigenvalue weighted by atomic mass is 10.2. The molecule has 1 aliphatic rings. The minimum atomic E-state index is -0.402. The van der Waals surface area contributed by atoms with Gasteiger partial charge in [-0.15, -0.1) is 0 Å². The monoisotopic (exact) mass is 413 g/mol. The van der Waals surface area contributed by atoms with Gasteiger partial charge in [0.2, 0.25) is 6.79 Å². The first-order chi connectivity index (χ1) is 14.2. The number of carbonyl (C=O) groups is 1. The number of hydrogen-bond donors (Lipinski definition) is 1. The van der Waals surface area contributed by atoms with Crippen molar-refractivity contribution in [3.05, 3.63) is 70.5 Å². The molecule has 0 radical (unpaired) electrons. The number of rotatable bonds is 7. The molecule has 4 rings (SSSR count). The van der Waals surface area contributed by atoms with Gasteiger partial charge in [-0.3, -0.25) is 0 Å². The van der Waals surface area contributed by atoms with E-state index >= 15 is 0 Å². The normalized spacial score (nSPS) is 12.2. The molecule has 0 amide bonds. The Morgan fingerprint density at radius 3 is 2.90 bits per heavy atom. The Kier molecular flexibility index (Phi) is 5.69. The molecule has 1 aliphatic heterocycles. The van der Waals surface area contributed by atoms with E-state index in [1.165, 1.54) is 6.20 Å². The molecule has 1 N–H and O–H groups in total. The molecule has 0 saturated carbocycles. The number of aromatic nitrogens is 2. The second-order valence-corrected chi connectivity index (χ2v) is 6.84. The van der Waals surface area contributed by atoms with Gasteiger partial charge >= 0.3 is 5.97 Å². The fourth-order valence-electron chi connectivity index (χ4n) is 3.13. The number of halogens is 1. The molecule has 7 nitrogen and oxygen atoms in total. The first-order valence-electron chi connectivity index (χ1n) is 9.25. The van der Waals surface area contributed by atoms with Crippen LogP contribution in [-0.2, 0) is 17.8 Å². The van der Waals surface area contributed by atoms with E-state index in [1.54, 1.807) is 23.7 Å². The summed E-state index contributed by atoms with van der Waals surface area (Å²) in [5.41, 5.74) is 2.94. The van der Waals surface area contributed by atoms with Crippen LogP contribution >= 0.6 is 11.6 Å². The molecule has 0 bridgehead atoms. The number of nitrogens with one attached hydrogen (secondary N) is 1. The summed E-state index contributed by atoms with van der Waals surface area (Å²) in [6.07, 6.45) is 1.52. The molecule has 0 spiro atoms. The first-order valence-corrected chi connectivity index (χ1v) is 9.62. The van der Waals surface area contributed by atoms with Crippen molar-refractivity contribution in [3.8, 4) is 17.2 Å². The lowest BCUT2D eigenvalue weighted by molar-refractivity contribution is 0.0525. The maximum Gasteiger partial charge on any atom is 0.341 e. The Bertz CT molecular complexity index is 1030. The SMILES string of the molecule is CCOC(=O)c1cnn(-c2cccc(Cl)c2)c1CNCc1ccc2c(c1)OCO2. The lowest BCUT2D eigenvalue weighted by Crippen LogP contribution is -2.19. The number of esters is 1. The number of carbonyl (C=O) groups excluding carboxylic acids is 1. The van der Waals surface area contributed by atoms with Crippen molar-refractivity contribution in [2.45, 2.75) is 20.0 Å². The molecule has 0 aliphatic carbocycles. The second-order valence-electron chi connectivity index (χ2n) is 6.41. The van der Waals surface area contributed by atoms with Gasteiger partial charge in [0.15, 0.2) is 11.5 Å². The van der Waals surface area contributed by atoms with Crippen molar-refractivity contribution >= 4 is 17.6 Å². The van der Waals surface area contributed by atoms with Gasteiger partial charge < -0.3 is 19.5 Å². The Labute approximate surface area is 173 Å². The number of nitrogens with zero attached hydrogens (tertiary/aromatic N) is 2. The van der Waals surface area contributed by atoms with Crippen LogP contribution in [-0.4, -0.2) is 29.1 Å². The van der Waals surface area contributed by atoms with Crippen molar-refractivity contribution in [1.82, 2.24) is 15.1 Å². The van der Waals surface area contributed by atoms with E-state index in [1.807, 2.05) is 30.3 Å². The van der Waals surface area contributed by atoms with Crippen molar-refractivity contribution < 1.29 is 19.0 Å². The molecule has 3 aromatic rings. The van der Waals surface area contributed by atoms with Crippen LogP contribution in [0.15, 0.2) is 48.7 Å². The molecule has 8 heteroatoms. The molecule has 0 fully saturated rings. The molecule has 1 aromatic heterocycles. The van der Waals surface area contributed by atoms with Gasteiger partial charge in [-0.1, -0.05) is 23.7 Å². The van der Waals surface area contributed by atoms with Crippen LogP contribution in [0.3, 0.4) is 0 Å². The lowest BCUT2D eigenvalue weighted by Gasteiger charge is -2.11. The summed E-state index contributed by atoms with van der Waals surface area (Å²) >= 11 is 6.13. The quantitative estimate of drug-likeness (QED) is 0.595. The van der Waals surface area contributed by atoms with Crippen molar-refractivity contribution in [3.63, 3.8) is 0 Å². The number of benzene rings is 2. The zero-order chi connectivity index (χ0) is 20.2. The molecular formula is C21H20ClN3O4. The zero-order valence-corrected chi connectivity index (χ0v) is 16.6.